The first kappa shape index (κ1) is 23.6. The maximum Gasteiger partial charge on any atom is 0.0718 e. The molecule has 0 saturated heterocycles. The van der Waals surface area contributed by atoms with E-state index in [1.807, 2.05) is 0 Å². The van der Waals surface area contributed by atoms with Crippen molar-refractivity contribution in [3.8, 4) is 11.1 Å². The van der Waals surface area contributed by atoms with E-state index in [1.165, 1.54) is 79.6 Å². The lowest BCUT2D eigenvalue weighted by Gasteiger charge is -2.37. The lowest BCUT2D eigenvalue weighted by atomic mass is 9.64. The van der Waals surface area contributed by atoms with E-state index in [1.54, 1.807) is 0 Å². The van der Waals surface area contributed by atoms with Crippen LogP contribution in [0, 0.1) is 27.7 Å². The summed E-state index contributed by atoms with van der Waals surface area (Å²) in [6, 6.07) is 28.6. The van der Waals surface area contributed by atoms with Crippen molar-refractivity contribution >= 4 is 0 Å². The summed E-state index contributed by atoms with van der Waals surface area (Å²) in [4.78, 5) is 0. The lowest BCUT2D eigenvalue weighted by molar-refractivity contribution is 0.748. The van der Waals surface area contributed by atoms with E-state index in [0.717, 1.165) is 12.8 Å². The summed E-state index contributed by atoms with van der Waals surface area (Å²) in [5.41, 5.74) is 16.4. The predicted molar refractivity (Wildman–Crippen MR) is 151 cm³/mol. The maximum absolute atomic E-state index is 2.45. The van der Waals surface area contributed by atoms with Crippen molar-refractivity contribution in [3.05, 3.63) is 128 Å². The highest BCUT2D eigenvalue weighted by Gasteiger charge is 2.47. The van der Waals surface area contributed by atoms with E-state index in [9.17, 15) is 0 Å². The van der Waals surface area contributed by atoms with Gasteiger partial charge in [0.15, 0.2) is 0 Å². The zero-order valence-electron chi connectivity index (χ0n) is 22.3. The van der Waals surface area contributed by atoms with Crippen molar-refractivity contribution in [2.75, 3.05) is 0 Å². The van der Waals surface area contributed by atoms with E-state index >= 15 is 0 Å². The second kappa shape index (κ2) is 9.15. The van der Waals surface area contributed by atoms with Crippen LogP contribution in [-0.4, -0.2) is 0 Å². The number of benzene rings is 4. The van der Waals surface area contributed by atoms with Crippen molar-refractivity contribution in [1.82, 2.24) is 0 Å². The molecule has 35 heavy (non-hydrogen) atoms. The highest BCUT2D eigenvalue weighted by molar-refractivity contribution is 5.87. The molecule has 0 unspecified atom stereocenters. The molecule has 0 fully saturated rings. The molecule has 0 atom stereocenters. The van der Waals surface area contributed by atoms with Gasteiger partial charge < -0.3 is 0 Å². The molecule has 4 aromatic carbocycles. The Morgan fingerprint density at radius 1 is 0.486 bits per heavy atom. The van der Waals surface area contributed by atoms with Gasteiger partial charge in [-0.25, -0.2) is 0 Å². The number of hydrogen-bond acceptors (Lipinski definition) is 0. The minimum absolute atomic E-state index is 0.313. The fourth-order valence-corrected chi connectivity index (χ4v) is 6.46. The molecular formula is C35H38. The van der Waals surface area contributed by atoms with Crippen molar-refractivity contribution in [2.24, 2.45) is 0 Å². The number of hydrogen-bond donors (Lipinski definition) is 0. The zero-order valence-corrected chi connectivity index (χ0v) is 22.3. The van der Waals surface area contributed by atoms with Crippen molar-refractivity contribution < 1.29 is 0 Å². The molecule has 0 aliphatic heterocycles. The molecule has 0 spiro atoms. The molecule has 1 aliphatic carbocycles. The molecule has 0 heterocycles. The topological polar surface area (TPSA) is 0 Å². The van der Waals surface area contributed by atoms with Gasteiger partial charge in [-0.15, -0.1) is 0 Å². The van der Waals surface area contributed by atoms with Crippen LogP contribution in [0.15, 0.2) is 72.8 Å². The van der Waals surface area contributed by atoms with Crippen molar-refractivity contribution in [1.29, 1.82) is 0 Å². The van der Waals surface area contributed by atoms with Crippen LogP contribution in [0.3, 0.4) is 0 Å². The summed E-state index contributed by atoms with van der Waals surface area (Å²) < 4.78 is 0. The van der Waals surface area contributed by atoms with Gasteiger partial charge in [0.1, 0.15) is 0 Å². The third kappa shape index (κ3) is 3.75. The standard InChI is InChI=1S/C35H38/c1-7-9-27-13-17-31(25(5)21-27)35(32-18-14-28(10-8-2)22-26(32)6)33-19-23(3)11-15-29(33)30-16-12-24(4)20-34(30)35/h11-22H,7-10H2,1-6H3. The van der Waals surface area contributed by atoms with Crippen molar-refractivity contribution in [2.45, 2.75) is 72.6 Å². The lowest BCUT2D eigenvalue weighted by Crippen LogP contribution is -2.31. The summed E-state index contributed by atoms with van der Waals surface area (Å²) >= 11 is 0. The fourth-order valence-electron chi connectivity index (χ4n) is 6.46. The molecule has 0 amide bonds. The van der Waals surface area contributed by atoms with E-state index < -0.39 is 0 Å². The van der Waals surface area contributed by atoms with Crippen molar-refractivity contribution in [3.63, 3.8) is 0 Å². The normalized spacial score (nSPS) is 13.5. The van der Waals surface area contributed by atoms with E-state index in [0.29, 0.717) is 0 Å². The Morgan fingerprint density at radius 3 is 1.29 bits per heavy atom. The highest BCUT2D eigenvalue weighted by atomic mass is 14.5. The Bertz CT molecular complexity index is 1290. The fraction of sp³-hybridized carbons (Fsp3) is 0.314. The van der Waals surface area contributed by atoms with Crippen LogP contribution in [0.5, 0.6) is 0 Å². The summed E-state index contributed by atoms with van der Waals surface area (Å²) in [7, 11) is 0. The summed E-state index contributed by atoms with van der Waals surface area (Å²) in [5, 5.41) is 0. The number of fused-ring (bicyclic) bond motifs is 3. The molecule has 0 heteroatoms. The molecule has 178 valence electrons. The zero-order chi connectivity index (χ0) is 24.7. The summed E-state index contributed by atoms with van der Waals surface area (Å²) in [6.45, 7) is 13.6. The molecule has 0 bridgehead atoms. The van der Waals surface area contributed by atoms with Crippen LogP contribution < -0.4 is 0 Å². The van der Waals surface area contributed by atoms with Gasteiger partial charge in [-0.05, 0) is 96.2 Å². The average molecular weight is 459 g/mol. The third-order valence-electron chi connectivity index (χ3n) is 7.92. The molecule has 0 nitrogen and oxygen atoms in total. The van der Waals surface area contributed by atoms with Crippen LogP contribution >= 0.6 is 0 Å². The molecule has 1 aliphatic rings. The van der Waals surface area contributed by atoms with E-state index in [-0.39, 0.29) is 5.41 Å². The SMILES string of the molecule is CCCc1ccc(C2(c3ccc(CCC)cc3C)c3cc(C)ccc3-c3ccc(C)cc32)c(C)c1. The first-order valence-electron chi connectivity index (χ1n) is 13.3. The van der Waals surface area contributed by atoms with E-state index in [4.69, 9.17) is 0 Å². The first-order chi connectivity index (χ1) is 16.9. The number of aryl methyl sites for hydroxylation is 6. The second-order valence-corrected chi connectivity index (χ2v) is 10.6. The third-order valence-corrected chi connectivity index (χ3v) is 7.92. The van der Waals surface area contributed by atoms with Gasteiger partial charge in [0.05, 0.1) is 5.41 Å². The minimum Gasteiger partial charge on any atom is -0.0651 e. The molecule has 0 aromatic heterocycles. The Balaban J connectivity index is 1.92. The molecule has 0 radical (unpaired) electrons. The van der Waals surface area contributed by atoms with Gasteiger partial charge in [-0.2, -0.15) is 0 Å². The van der Waals surface area contributed by atoms with Gasteiger partial charge in [0.25, 0.3) is 0 Å². The largest absolute Gasteiger partial charge is 0.0718 e. The Labute approximate surface area is 212 Å². The smallest absolute Gasteiger partial charge is 0.0651 e. The second-order valence-electron chi connectivity index (χ2n) is 10.6. The van der Waals surface area contributed by atoms with Gasteiger partial charge >= 0.3 is 0 Å². The quantitative estimate of drug-likeness (QED) is 0.238. The van der Waals surface area contributed by atoms with Crippen LogP contribution in [0.2, 0.25) is 0 Å². The molecule has 0 N–H and O–H groups in total. The Morgan fingerprint density at radius 2 is 0.914 bits per heavy atom. The molecule has 0 saturated carbocycles. The minimum atomic E-state index is -0.313. The summed E-state index contributed by atoms with van der Waals surface area (Å²) in [6.07, 6.45) is 4.60. The average Bonchev–Trinajstić information content (AvgIpc) is 3.09. The highest BCUT2D eigenvalue weighted by Crippen LogP contribution is 2.57. The van der Waals surface area contributed by atoms with Crippen LogP contribution in [-0.2, 0) is 18.3 Å². The first-order valence-corrected chi connectivity index (χ1v) is 13.3. The molecule has 4 aromatic rings. The van der Waals surface area contributed by atoms with Gasteiger partial charge in [-0.1, -0.05) is 111 Å². The predicted octanol–water partition coefficient (Wildman–Crippen LogP) is 9.19. The van der Waals surface area contributed by atoms with Crippen LogP contribution in [0.1, 0.15) is 82.3 Å². The Hall–Kier alpha value is -3.12. The monoisotopic (exact) mass is 458 g/mol. The molecular weight excluding hydrogens is 420 g/mol. The number of rotatable bonds is 6. The van der Waals surface area contributed by atoms with Gasteiger partial charge in [0, 0.05) is 0 Å². The van der Waals surface area contributed by atoms with Gasteiger partial charge in [0.2, 0.25) is 0 Å². The van der Waals surface area contributed by atoms with Gasteiger partial charge in [-0.3, -0.25) is 0 Å². The summed E-state index contributed by atoms with van der Waals surface area (Å²) in [5.74, 6) is 0. The van der Waals surface area contributed by atoms with Crippen LogP contribution in [0.4, 0.5) is 0 Å². The molecule has 5 rings (SSSR count). The Kier molecular flexibility index (Phi) is 6.18. The maximum atomic E-state index is 2.45. The van der Waals surface area contributed by atoms with Crippen LogP contribution in [0.25, 0.3) is 11.1 Å². The van der Waals surface area contributed by atoms with E-state index in [2.05, 4.69) is 114 Å².